The molecule has 0 bridgehead atoms. The van der Waals surface area contributed by atoms with E-state index in [0.717, 1.165) is 26.2 Å². The summed E-state index contributed by atoms with van der Waals surface area (Å²) >= 11 is 0. The molecule has 1 heterocycles. The van der Waals surface area contributed by atoms with E-state index in [4.69, 9.17) is 9.47 Å². The topological polar surface area (TPSA) is 30.5 Å². The molecule has 1 spiro atoms. The van der Waals surface area contributed by atoms with Crippen LogP contribution < -0.4 is 5.32 Å². The van der Waals surface area contributed by atoms with Crippen molar-refractivity contribution in [2.75, 3.05) is 26.9 Å². The van der Waals surface area contributed by atoms with Gasteiger partial charge in [-0.25, -0.2) is 0 Å². The van der Waals surface area contributed by atoms with Crippen LogP contribution in [-0.4, -0.2) is 38.5 Å². The van der Waals surface area contributed by atoms with Crippen molar-refractivity contribution in [1.82, 2.24) is 5.32 Å². The lowest BCUT2D eigenvalue weighted by Crippen LogP contribution is -2.48. The summed E-state index contributed by atoms with van der Waals surface area (Å²) in [4.78, 5) is 0. The molecule has 1 saturated carbocycles. The predicted molar refractivity (Wildman–Crippen MR) is 78.4 cm³/mol. The quantitative estimate of drug-likeness (QED) is 0.752. The molecule has 3 heteroatoms. The maximum Gasteiger partial charge on any atom is 0.0685 e. The Morgan fingerprint density at radius 2 is 2.11 bits per heavy atom. The fourth-order valence-corrected chi connectivity index (χ4v) is 3.76. The van der Waals surface area contributed by atoms with Crippen molar-refractivity contribution in [2.24, 2.45) is 5.92 Å². The van der Waals surface area contributed by atoms with Gasteiger partial charge in [-0.2, -0.15) is 0 Å². The van der Waals surface area contributed by atoms with E-state index in [9.17, 15) is 0 Å². The maximum absolute atomic E-state index is 6.19. The van der Waals surface area contributed by atoms with Gasteiger partial charge in [0.25, 0.3) is 0 Å². The average molecular weight is 269 g/mol. The largest absolute Gasteiger partial charge is 0.380 e. The van der Waals surface area contributed by atoms with Crippen LogP contribution in [0.2, 0.25) is 0 Å². The van der Waals surface area contributed by atoms with E-state index in [1.165, 1.54) is 44.9 Å². The minimum Gasteiger partial charge on any atom is -0.380 e. The highest BCUT2D eigenvalue weighted by molar-refractivity contribution is 4.92. The van der Waals surface area contributed by atoms with Crippen LogP contribution in [0, 0.1) is 5.92 Å². The molecule has 1 saturated heterocycles. The Balaban J connectivity index is 1.87. The van der Waals surface area contributed by atoms with Crippen LogP contribution in [0.15, 0.2) is 0 Å². The van der Waals surface area contributed by atoms with Gasteiger partial charge in [-0.05, 0) is 45.1 Å². The molecular formula is C16H31NO2. The van der Waals surface area contributed by atoms with Gasteiger partial charge in [0.05, 0.1) is 12.2 Å². The molecule has 2 fully saturated rings. The van der Waals surface area contributed by atoms with E-state index in [0.29, 0.717) is 12.0 Å². The van der Waals surface area contributed by atoms with E-state index >= 15 is 0 Å². The molecule has 2 aliphatic rings. The summed E-state index contributed by atoms with van der Waals surface area (Å²) in [5.41, 5.74) is 0.209. The van der Waals surface area contributed by atoms with Crippen molar-refractivity contribution in [3.63, 3.8) is 0 Å². The summed E-state index contributed by atoms with van der Waals surface area (Å²) in [7, 11) is 2.07. The molecule has 0 aromatic heterocycles. The lowest BCUT2D eigenvalue weighted by molar-refractivity contribution is -0.124. The molecule has 0 amide bonds. The monoisotopic (exact) mass is 269 g/mol. The van der Waals surface area contributed by atoms with Crippen molar-refractivity contribution in [1.29, 1.82) is 0 Å². The second-order valence-corrected chi connectivity index (χ2v) is 6.32. The molecular weight excluding hydrogens is 238 g/mol. The summed E-state index contributed by atoms with van der Waals surface area (Å²) in [5.74, 6) is 0.716. The van der Waals surface area contributed by atoms with E-state index in [-0.39, 0.29) is 5.60 Å². The van der Waals surface area contributed by atoms with Gasteiger partial charge in [0.15, 0.2) is 0 Å². The SMILES string of the molecule is CCCOCC(NC)C1CCOC2(CCCCC2)C1. The van der Waals surface area contributed by atoms with Gasteiger partial charge in [0.1, 0.15) is 0 Å². The van der Waals surface area contributed by atoms with Crippen LogP contribution >= 0.6 is 0 Å². The molecule has 0 aromatic rings. The molecule has 3 nitrogen and oxygen atoms in total. The zero-order valence-electron chi connectivity index (χ0n) is 12.7. The van der Waals surface area contributed by atoms with Crippen LogP contribution in [0.1, 0.15) is 58.3 Å². The van der Waals surface area contributed by atoms with Crippen LogP contribution in [0.25, 0.3) is 0 Å². The zero-order valence-corrected chi connectivity index (χ0v) is 12.7. The fraction of sp³-hybridized carbons (Fsp3) is 1.00. The van der Waals surface area contributed by atoms with Gasteiger partial charge in [-0.15, -0.1) is 0 Å². The normalized spacial score (nSPS) is 28.4. The van der Waals surface area contributed by atoms with E-state index in [1.807, 2.05) is 0 Å². The molecule has 1 aliphatic heterocycles. The van der Waals surface area contributed by atoms with E-state index < -0.39 is 0 Å². The minimum atomic E-state index is 0.209. The Labute approximate surface area is 118 Å². The minimum absolute atomic E-state index is 0.209. The van der Waals surface area contributed by atoms with Gasteiger partial charge in [-0.3, -0.25) is 0 Å². The summed E-state index contributed by atoms with van der Waals surface area (Å²) < 4.78 is 11.9. The van der Waals surface area contributed by atoms with Gasteiger partial charge in [0, 0.05) is 19.3 Å². The Kier molecular flexibility index (Phi) is 6.11. The molecule has 1 N–H and O–H groups in total. The third-order valence-electron chi connectivity index (χ3n) is 4.88. The smallest absolute Gasteiger partial charge is 0.0685 e. The van der Waals surface area contributed by atoms with Crippen LogP contribution in [0.3, 0.4) is 0 Å². The summed E-state index contributed by atoms with van der Waals surface area (Å²) in [6, 6.07) is 0.495. The average Bonchev–Trinajstić information content (AvgIpc) is 2.44. The first-order valence-electron chi connectivity index (χ1n) is 8.18. The molecule has 0 aromatic carbocycles. The Morgan fingerprint density at radius 3 is 2.79 bits per heavy atom. The Morgan fingerprint density at radius 1 is 1.32 bits per heavy atom. The predicted octanol–water partition coefficient (Wildman–Crippen LogP) is 3.13. The lowest BCUT2D eigenvalue weighted by atomic mass is 9.74. The molecule has 112 valence electrons. The summed E-state index contributed by atoms with van der Waals surface area (Å²) in [6.07, 6.45) is 10.2. The summed E-state index contributed by atoms with van der Waals surface area (Å²) in [5, 5.41) is 3.47. The third-order valence-corrected chi connectivity index (χ3v) is 4.88. The first-order chi connectivity index (χ1) is 9.29. The summed E-state index contributed by atoms with van der Waals surface area (Å²) in [6.45, 7) is 4.84. The lowest BCUT2D eigenvalue weighted by Gasteiger charge is -2.45. The number of hydrogen-bond donors (Lipinski definition) is 1. The van der Waals surface area contributed by atoms with Gasteiger partial charge >= 0.3 is 0 Å². The number of rotatable bonds is 6. The van der Waals surface area contributed by atoms with Crippen molar-refractivity contribution in [2.45, 2.75) is 69.9 Å². The van der Waals surface area contributed by atoms with Crippen LogP contribution in [0.5, 0.6) is 0 Å². The van der Waals surface area contributed by atoms with Gasteiger partial charge < -0.3 is 14.8 Å². The fourth-order valence-electron chi connectivity index (χ4n) is 3.76. The third kappa shape index (κ3) is 4.17. The van der Waals surface area contributed by atoms with Crippen LogP contribution in [0.4, 0.5) is 0 Å². The van der Waals surface area contributed by atoms with Crippen molar-refractivity contribution in [3.05, 3.63) is 0 Å². The second kappa shape index (κ2) is 7.61. The van der Waals surface area contributed by atoms with Crippen molar-refractivity contribution >= 4 is 0 Å². The maximum atomic E-state index is 6.19. The number of likely N-dealkylation sites (N-methyl/N-ethyl adjacent to an activating group) is 1. The zero-order chi connectivity index (χ0) is 13.6. The van der Waals surface area contributed by atoms with Gasteiger partial charge in [-0.1, -0.05) is 26.2 Å². The molecule has 2 rings (SSSR count). The first kappa shape index (κ1) is 15.3. The molecule has 1 aliphatic carbocycles. The number of hydrogen-bond acceptors (Lipinski definition) is 3. The molecule has 2 unspecified atom stereocenters. The van der Waals surface area contributed by atoms with Crippen molar-refractivity contribution in [3.8, 4) is 0 Å². The highest BCUT2D eigenvalue weighted by Crippen LogP contribution is 2.41. The van der Waals surface area contributed by atoms with E-state index in [1.54, 1.807) is 0 Å². The second-order valence-electron chi connectivity index (χ2n) is 6.32. The molecule has 2 atom stereocenters. The Bertz CT molecular complexity index is 246. The highest BCUT2D eigenvalue weighted by atomic mass is 16.5. The molecule has 19 heavy (non-hydrogen) atoms. The van der Waals surface area contributed by atoms with Gasteiger partial charge in [0.2, 0.25) is 0 Å². The standard InChI is InChI=1S/C16H31NO2/c1-3-10-18-13-15(17-2)14-7-11-19-16(12-14)8-5-4-6-9-16/h14-15,17H,3-13H2,1-2H3. The first-order valence-corrected chi connectivity index (χ1v) is 8.18. The number of nitrogens with one attached hydrogen (secondary N) is 1. The highest BCUT2D eigenvalue weighted by Gasteiger charge is 2.40. The van der Waals surface area contributed by atoms with Crippen molar-refractivity contribution < 1.29 is 9.47 Å². The van der Waals surface area contributed by atoms with Crippen LogP contribution in [-0.2, 0) is 9.47 Å². The molecule has 0 radical (unpaired) electrons. The number of ether oxygens (including phenoxy) is 2. The van der Waals surface area contributed by atoms with E-state index in [2.05, 4.69) is 19.3 Å². The Hall–Kier alpha value is -0.120.